The largest absolute Gasteiger partial charge is 0.457 e. The Hall–Kier alpha value is -0.950. The summed E-state index contributed by atoms with van der Waals surface area (Å²) in [6.45, 7) is 9.36. The summed E-state index contributed by atoms with van der Waals surface area (Å²) in [6, 6.07) is 0. The number of esters is 1. The molecule has 0 radical (unpaired) electrons. The van der Waals surface area contributed by atoms with Crippen LogP contribution in [-0.4, -0.2) is 49.6 Å². The van der Waals surface area contributed by atoms with E-state index in [1.54, 1.807) is 7.11 Å². The Morgan fingerprint density at radius 2 is 2.00 bits per heavy atom. The number of methoxy groups -OCH3 is 1. The first-order chi connectivity index (χ1) is 9.61. The molecule has 120 valence electrons. The van der Waals surface area contributed by atoms with Crippen LogP contribution >= 0.6 is 0 Å². The van der Waals surface area contributed by atoms with Crippen LogP contribution < -0.4 is 0 Å². The molecule has 3 atom stereocenters. The Labute approximate surface area is 125 Å². The number of carbonyl (C=O) groups is 1. The van der Waals surface area contributed by atoms with Gasteiger partial charge in [-0.2, -0.15) is 0 Å². The molecule has 0 saturated carbocycles. The second kappa shape index (κ2) is 5.68. The lowest BCUT2D eigenvalue weighted by Gasteiger charge is -2.32. The van der Waals surface area contributed by atoms with Crippen LogP contribution in [0, 0.1) is 0 Å². The third-order valence-corrected chi connectivity index (χ3v) is 3.12. The first kappa shape index (κ1) is 16.4. The summed E-state index contributed by atoms with van der Waals surface area (Å²) < 4.78 is 27.8. The van der Waals surface area contributed by atoms with Gasteiger partial charge in [-0.3, -0.25) is 0 Å². The molecule has 0 aliphatic carbocycles. The van der Waals surface area contributed by atoms with Crippen LogP contribution in [0.4, 0.5) is 0 Å². The highest BCUT2D eigenvalue weighted by Gasteiger charge is 2.50. The van der Waals surface area contributed by atoms with Crippen LogP contribution in [0.15, 0.2) is 11.6 Å². The SMILES string of the molecule is COC1OC/C(=C\C(=O)OC(C)(C)C)C2OC(C)(C)OC12. The number of hydrogen-bond donors (Lipinski definition) is 0. The van der Waals surface area contributed by atoms with Crippen molar-refractivity contribution in [3.63, 3.8) is 0 Å². The van der Waals surface area contributed by atoms with Crippen molar-refractivity contribution in [2.45, 2.75) is 64.5 Å². The molecule has 6 heteroatoms. The molecular weight excluding hydrogens is 276 g/mol. The van der Waals surface area contributed by atoms with Crippen molar-refractivity contribution in [1.29, 1.82) is 0 Å². The van der Waals surface area contributed by atoms with Crippen molar-refractivity contribution in [2.75, 3.05) is 13.7 Å². The summed E-state index contributed by atoms with van der Waals surface area (Å²) in [5.74, 6) is -1.16. The van der Waals surface area contributed by atoms with Gasteiger partial charge in [0.1, 0.15) is 17.8 Å². The average Bonchev–Trinajstić information content (AvgIpc) is 2.62. The maximum absolute atomic E-state index is 11.9. The van der Waals surface area contributed by atoms with E-state index >= 15 is 0 Å². The predicted octanol–water partition coefficient (Wildman–Crippen LogP) is 1.78. The molecule has 2 saturated heterocycles. The summed E-state index contributed by atoms with van der Waals surface area (Å²) >= 11 is 0. The van der Waals surface area contributed by atoms with Crippen molar-refractivity contribution < 1.29 is 28.5 Å². The van der Waals surface area contributed by atoms with Gasteiger partial charge in [0.15, 0.2) is 12.1 Å². The van der Waals surface area contributed by atoms with Crippen LogP contribution in [0.1, 0.15) is 34.6 Å². The molecule has 21 heavy (non-hydrogen) atoms. The lowest BCUT2D eigenvalue weighted by molar-refractivity contribution is -0.212. The van der Waals surface area contributed by atoms with Crippen molar-refractivity contribution in [2.24, 2.45) is 0 Å². The summed E-state index contributed by atoms with van der Waals surface area (Å²) in [7, 11) is 1.55. The minimum Gasteiger partial charge on any atom is -0.457 e. The molecule has 0 aromatic carbocycles. The maximum Gasteiger partial charge on any atom is 0.331 e. The topological polar surface area (TPSA) is 63.2 Å². The second-order valence-corrected chi connectivity index (χ2v) is 6.69. The summed E-state index contributed by atoms with van der Waals surface area (Å²) in [6.07, 6.45) is 0.158. The fourth-order valence-corrected chi connectivity index (χ4v) is 2.44. The van der Waals surface area contributed by atoms with Crippen LogP contribution in [0.3, 0.4) is 0 Å². The van der Waals surface area contributed by atoms with Crippen LogP contribution in [0.5, 0.6) is 0 Å². The smallest absolute Gasteiger partial charge is 0.331 e. The van der Waals surface area contributed by atoms with E-state index < -0.39 is 29.8 Å². The molecule has 2 fully saturated rings. The zero-order valence-corrected chi connectivity index (χ0v) is 13.5. The zero-order valence-electron chi connectivity index (χ0n) is 13.5. The maximum atomic E-state index is 11.9. The molecule has 2 aliphatic rings. The van der Waals surface area contributed by atoms with Gasteiger partial charge in [-0.05, 0) is 40.2 Å². The van der Waals surface area contributed by atoms with Gasteiger partial charge < -0.3 is 23.7 Å². The van der Waals surface area contributed by atoms with E-state index in [0.717, 1.165) is 0 Å². The van der Waals surface area contributed by atoms with E-state index in [2.05, 4.69) is 0 Å². The Morgan fingerprint density at radius 3 is 2.57 bits per heavy atom. The fourth-order valence-electron chi connectivity index (χ4n) is 2.44. The highest BCUT2D eigenvalue weighted by molar-refractivity contribution is 5.83. The van der Waals surface area contributed by atoms with Gasteiger partial charge >= 0.3 is 5.97 Å². The van der Waals surface area contributed by atoms with Crippen LogP contribution in [0.2, 0.25) is 0 Å². The predicted molar refractivity (Wildman–Crippen MR) is 74.5 cm³/mol. The molecule has 0 N–H and O–H groups in total. The molecule has 0 amide bonds. The van der Waals surface area contributed by atoms with Gasteiger partial charge in [0.2, 0.25) is 0 Å². The second-order valence-electron chi connectivity index (χ2n) is 6.69. The standard InChI is InChI=1S/C15H24O6/c1-14(2,3)19-10(16)7-9-8-18-13(17-6)12-11(9)20-15(4,5)21-12/h7,11-13H,8H2,1-6H3/b9-7+. The first-order valence-electron chi connectivity index (χ1n) is 7.05. The van der Waals surface area contributed by atoms with Gasteiger partial charge in [-0.15, -0.1) is 0 Å². The van der Waals surface area contributed by atoms with Gasteiger partial charge in [0.25, 0.3) is 0 Å². The highest BCUT2D eigenvalue weighted by Crippen LogP contribution is 2.37. The number of carbonyl (C=O) groups excluding carboxylic acids is 1. The molecule has 2 aliphatic heterocycles. The van der Waals surface area contributed by atoms with E-state index in [-0.39, 0.29) is 12.7 Å². The molecule has 3 unspecified atom stereocenters. The van der Waals surface area contributed by atoms with E-state index in [4.69, 9.17) is 23.7 Å². The van der Waals surface area contributed by atoms with Crippen LogP contribution in [-0.2, 0) is 28.5 Å². The summed E-state index contributed by atoms with van der Waals surface area (Å²) in [5.41, 5.74) is 0.165. The lowest BCUT2D eigenvalue weighted by atomic mass is 10.0. The fraction of sp³-hybridized carbons (Fsp3) is 0.800. The molecule has 0 aromatic rings. The van der Waals surface area contributed by atoms with E-state index in [1.165, 1.54) is 6.08 Å². The van der Waals surface area contributed by atoms with E-state index in [9.17, 15) is 4.79 Å². The number of rotatable bonds is 2. The Bertz CT molecular complexity index is 434. The Morgan fingerprint density at radius 1 is 1.33 bits per heavy atom. The van der Waals surface area contributed by atoms with Crippen molar-refractivity contribution >= 4 is 5.97 Å². The van der Waals surface area contributed by atoms with Crippen LogP contribution in [0.25, 0.3) is 0 Å². The summed E-state index contributed by atoms with van der Waals surface area (Å²) in [5, 5.41) is 0. The third kappa shape index (κ3) is 4.03. The molecule has 0 bridgehead atoms. The van der Waals surface area contributed by atoms with Crippen molar-refractivity contribution in [3.8, 4) is 0 Å². The Balaban J connectivity index is 2.16. The molecule has 6 nitrogen and oxygen atoms in total. The molecule has 2 heterocycles. The molecule has 0 aromatic heterocycles. The third-order valence-electron chi connectivity index (χ3n) is 3.12. The molecule has 2 rings (SSSR count). The summed E-state index contributed by atoms with van der Waals surface area (Å²) in [4.78, 5) is 11.9. The zero-order chi connectivity index (χ0) is 15.8. The van der Waals surface area contributed by atoms with Gasteiger partial charge in [-0.25, -0.2) is 4.79 Å². The van der Waals surface area contributed by atoms with Crippen molar-refractivity contribution in [1.82, 2.24) is 0 Å². The average molecular weight is 300 g/mol. The van der Waals surface area contributed by atoms with Gasteiger partial charge in [-0.1, -0.05) is 0 Å². The highest BCUT2D eigenvalue weighted by atomic mass is 16.8. The minimum atomic E-state index is -0.743. The number of ether oxygens (including phenoxy) is 5. The quantitative estimate of drug-likeness (QED) is 0.572. The van der Waals surface area contributed by atoms with Crippen molar-refractivity contribution in [3.05, 3.63) is 11.6 Å². The monoisotopic (exact) mass is 300 g/mol. The molecule has 0 spiro atoms. The lowest BCUT2D eigenvalue weighted by Crippen LogP contribution is -2.45. The van der Waals surface area contributed by atoms with E-state index in [1.807, 2.05) is 34.6 Å². The van der Waals surface area contributed by atoms with E-state index in [0.29, 0.717) is 5.57 Å². The minimum absolute atomic E-state index is 0.248. The number of hydrogen-bond acceptors (Lipinski definition) is 6. The first-order valence-corrected chi connectivity index (χ1v) is 7.05. The number of fused-ring (bicyclic) bond motifs is 1. The normalized spacial score (nSPS) is 33.8. The van der Waals surface area contributed by atoms with Gasteiger partial charge in [0, 0.05) is 13.2 Å². The Kier molecular flexibility index (Phi) is 4.44. The van der Waals surface area contributed by atoms with Gasteiger partial charge in [0.05, 0.1) is 6.61 Å². The molecular formula is C15H24O6.